The van der Waals surface area contributed by atoms with E-state index in [1.54, 1.807) is 25.3 Å². The highest BCUT2D eigenvalue weighted by atomic mass is 35.5. The van der Waals surface area contributed by atoms with Gasteiger partial charge in [-0.3, -0.25) is 0 Å². The Morgan fingerprint density at radius 1 is 1.14 bits per heavy atom. The van der Waals surface area contributed by atoms with Gasteiger partial charge in [0.1, 0.15) is 11.3 Å². The highest BCUT2D eigenvalue weighted by Crippen LogP contribution is 2.29. The first-order valence-corrected chi connectivity index (χ1v) is 6.85. The second-order valence-electron chi connectivity index (χ2n) is 4.76. The zero-order chi connectivity index (χ0) is 15.0. The predicted molar refractivity (Wildman–Crippen MR) is 84.2 cm³/mol. The van der Waals surface area contributed by atoms with Crippen molar-refractivity contribution in [3.63, 3.8) is 0 Å². The summed E-state index contributed by atoms with van der Waals surface area (Å²) in [5.74, 6) is 0.653. The van der Waals surface area contributed by atoms with E-state index in [1.165, 1.54) is 0 Å². The van der Waals surface area contributed by atoms with Crippen molar-refractivity contribution in [3.05, 3.63) is 63.5 Å². The summed E-state index contributed by atoms with van der Waals surface area (Å²) in [6.45, 7) is 1.90. The van der Waals surface area contributed by atoms with Crippen LogP contribution in [0, 0.1) is 6.92 Å². The SMILES string of the molecule is COc1ccc2c(C)c(-c3cccc(Cl)c3)c(=O)oc2c1. The van der Waals surface area contributed by atoms with E-state index >= 15 is 0 Å². The van der Waals surface area contributed by atoms with Gasteiger partial charge in [-0.25, -0.2) is 4.79 Å². The summed E-state index contributed by atoms with van der Waals surface area (Å²) in [6.07, 6.45) is 0. The molecule has 0 bridgehead atoms. The van der Waals surface area contributed by atoms with Crippen LogP contribution >= 0.6 is 11.6 Å². The molecule has 4 heteroatoms. The van der Waals surface area contributed by atoms with Gasteiger partial charge in [0.15, 0.2) is 0 Å². The first-order chi connectivity index (χ1) is 10.1. The molecule has 3 rings (SSSR count). The fourth-order valence-corrected chi connectivity index (χ4v) is 2.63. The number of ether oxygens (including phenoxy) is 1. The van der Waals surface area contributed by atoms with Gasteiger partial charge < -0.3 is 9.15 Å². The number of hydrogen-bond donors (Lipinski definition) is 0. The zero-order valence-electron chi connectivity index (χ0n) is 11.6. The fraction of sp³-hybridized carbons (Fsp3) is 0.118. The quantitative estimate of drug-likeness (QED) is 0.657. The van der Waals surface area contributed by atoms with Crippen LogP contribution in [0.15, 0.2) is 51.7 Å². The monoisotopic (exact) mass is 300 g/mol. The molecule has 1 aromatic heterocycles. The molecule has 0 saturated heterocycles. The van der Waals surface area contributed by atoms with Crippen LogP contribution in [0.1, 0.15) is 5.56 Å². The van der Waals surface area contributed by atoms with Crippen molar-refractivity contribution in [2.24, 2.45) is 0 Å². The molecular weight excluding hydrogens is 288 g/mol. The lowest BCUT2D eigenvalue weighted by molar-refractivity contribution is 0.414. The van der Waals surface area contributed by atoms with E-state index in [1.807, 2.05) is 31.2 Å². The van der Waals surface area contributed by atoms with Crippen molar-refractivity contribution >= 4 is 22.6 Å². The minimum atomic E-state index is -0.379. The lowest BCUT2D eigenvalue weighted by Crippen LogP contribution is -2.06. The normalized spacial score (nSPS) is 10.8. The Morgan fingerprint density at radius 2 is 1.95 bits per heavy atom. The largest absolute Gasteiger partial charge is 0.497 e. The lowest BCUT2D eigenvalue weighted by Gasteiger charge is -2.09. The lowest BCUT2D eigenvalue weighted by atomic mass is 9.99. The Bertz CT molecular complexity index is 881. The topological polar surface area (TPSA) is 39.4 Å². The molecule has 0 radical (unpaired) electrons. The molecule has 0 fully saturated rings. The Hall–Kier alpha value is -2.26. The molecule has 1 heterocycles. The van der Waals surface area contributed by atoms with E-state index in [0.29, 0.717) is 21.9 Å². The Labute approximate surface area is 126 Å². The molecule has 0 aliphatic rings. The maximum absolute atomic E-state index is 12.3. The highest BCUT2D eigenvalue weighted by Gasteiger charge is 2.14. The van der Waals surface area contributed by atoms with Crippen LogP contribution in [-0.2, 0) is 0 Å². The number of fused-ring (bicyclic) bond motifs is 1. The van der Waals surface area contributed by atoms with Crippen LogP contribution in [0.5, 0.6) is 5.75 Å². The summed E-state index contributed by atoms with van der Waals surface area (Å²) in [7, 11) is 1.58. The number of halogens is 1. The first kappa shape index (κ1) is 13.7. The Balaban J connectivity index is 2.32. The molecule has 0 saturated carbocycles. The van der Waals surface area contributed by atoms with E-state index in [2.05, 4.69) is 0 Å². The minimum absolute atomic E-state index is 0.379. The molecule has 0 N–H and O–H groups in total. The standard InChI is InChI=1S/C17H13ClO3/c1-10-14-7-6-13(20-2)9-15(14)21-17(19)16(10)11-4-3-5-12(18)8-11/h3-9H,1-2H3. The first-order valence-electron chi connectivity index (χ1n) is 6.47. The van der Waals surface area contributed by atoms with Gasteiger partial charge in [0.05, 0.1) is 12.7 Å². The van der Waals surface area contributed by atoms with Crippen molar-refractivity contribution in [1.82, 2.24) is 0 Å². The highest BCUT2D eigenvalue weighted by molar-refractivity contribution is 6.30. The summed E-state index contributed by atoms with van der Waals surface area (Å²) in [5, 5.41) is 1.46. The molecule has 3 nitrogen and oxygen atoms in total. The Morgan fingerprint density at radius 3 is 2.67 bits per heavy atom. The third-order valence-corrected chi connectivity index (χ3v) is 3.72. The van der Waals surface area contributed by atoms with Gasteiger partial charge in [-0.2, -0.15) is 0 Å². The van der Waals surface area contributed by atoms with Gasteiger partial charge in [-0.05, 0) is 42.3 Å². The number of methoxy groups -OCH3 is 1. The summed E-state index contributed by atoms with van der Waals surface area (Å²) < 4.78 is 10.6. The molecule has 0 aliphatic heterocycles. The van der Waals surface area contributed by atoms with E-state index in [0.717, 1.165) is 16.5 Å². The molecule has 0 unspecified atom stereocenters. The van der Waals surface area contributed by atoms with Crippen molar-refractivity contribution < 1.29 is 9.15 Å². The van der Waals surface area contributed by atoms with Gasteiger partial charge in [0, 0.05) is 16.5 Å². The molecule has 0 aliphatic carbocycles. The minimum Gasteiger partial charge on any atom is -0.497 e. The smallest absolute Gasteiger partial charge is 0.344 e. The van der Waals surface area contributed by atoms with E-state index in [4.69, 9.17) is 20.8 Å². The second kappa shape index (κ2) is 5.26. The van der Waals surface area contributed by atoms with Crippen molar-refractivity contribution in [2.45, 2.75) is 6.92 Å². The zero-order valence-corrected chi connectivity index (χ0v) is 12.4. The van der Waals surface area contributed by atoms with Crippen LogP contribution in [-0.4, -0.2) is 7.11 Å². The molecule has 0 spiro atoms. The number of hydrogen-bond acceptors (Lipinski definition) is 3. The summed E-state index contributed by atoms with van der Waals surface area (Å²) in [4.78, 5) is 12.3. The maximum Gasteiger partial charge on any atom is 0.344 e. The van der Waals surface area contributed by atoms with Crippen LogP contribution in [0.25, 0.3) is 22.1 Å². The van der Waals surface area contributed by atoms with Crippen LogP contribution in [0.2, 0.25) is 5.02 Å². The van der Waals surface area contributed by atoms with Gasteiger partial charge in [-0.1, -0.05) is 23.7 Å². The summed E-state index contributed by atoms with van der Waals surface area (Å²) in [5.41, 5.74) is 2.30. The van der Waals surface area contributed by atoms with Crippen LogP contribution in [0.4, 0.5) is 0 Å². The second-order valence-corrected chi connectivity index (χ2v) is 5.20. The van der Waals surface area contributed by atoms with Gasteiger partial charge in [0.2, 0.25) is 0 Å². The fourth-order valence-electron chi connectivity index (χ4n) is 2.44. The molecule has 2 aromatic carbocycles. The molecule has 3 aromatic rings. The van der Waals surface area contributed by atoms with Crippen molar-refractivity contribution in [3.8, 4) is 16.9 Å². The van der Waals surface area contributed by atoms with Crippen LogP contribution < -0.4 is 10.4 Å². The molecule has 0 atom stereocenters. The van der Waals surface area contributed by atoms with E-state index < -0.39 is 0 Å². The molecule has 0 amide bonds. The average molecular weight is 301 g/mol. The predicted octanol–water partition coefficient (Wildman–Crippen LogP) is 4.43. The van der Waals surface area contributed by atoms with Crippen LogP contribution in [0.3, 0.4) is 0 Å². The van der Waals surface area contributed by atoms with Gasteiger partial charge >= 0.3 is 5.63 Å². The van der Waals surface area contributed by atoms with Gasteiger partial charge in [-0.15, -0.1) is 0 Å². The Kier molecular flexibility index (Phi) is 3.43. The third kappa shape index (κ3) is 2.41. The van der Waals surface area contributed by atoms with E-state index in [9.17, 15) is 4.79 Å². The maximum atomic E-state index is 12.3. The summed E-state index contributed by atoms with van der Waals surface area (Å²) in [6, 6.07) is 12.6. The van der Waals surface area contributed by atoms with E-state index in [-0.39, 0.29) is 5.63 Å². The third-order valence-electron chi connectivity index (χ3n) is 3.49. The average Bonchev–Trinajstić information content (AvgIpc) is 2.46. The molecule has 21 heavy (non-hydrogen) atoms. The van der Waals surface area contributed by atoms with Crippen molar-refractivity contribution in [2.75, 3.05) is 7.11 Å². The molecule has 106 valence electrons. The number of benzene rings is 2. The van der Waals surface area contributed by atoms with Gasteiger partial charge in [0.25, 0.3) is 0 Å². The number of aryl methyl sites for hydroxylation is 1. The number of rotatable bonds is 2. The molecular formula is C17H13ClO3. The summed E-state index contributed by atoms with van der Waals surface area (Å²) >= 11 is 6.01. The van der Waals surface area contributed by atoms with Crippen molar-refractivity contribution in [1.29, 1.82) is 0 Å².